The molecule has 3 rings (SSSR count). The van der Waals surface area contributed by atoms with E-state index in [0.717, 1.165) is 26.1 Å². The van der Waals surface area contributed by atoms with Gasteiger partial charge in [-0.3, -0.25) is 9.88 Å². The van der Waals surface area contributed by atoms with Gasteiger partial charge in [-0.1, -0.05) is 0 Å². The maximum absolute atomic E-state index is 9.79. The lowest BCUT2D eigenvalue weighted by Crippen LogP contribution is -2.56. The van der Waals surface area contributed by atoms with Crippen molar-refractivity contribution in [1.29, 1.82) is 0 Å². The summed E-state index contributed by atoms with van der Waals surface area (Å²) in [6.07, 6.45) is 2.09. The molecule has 2 aliphatic heterocycles. The number of aliphatic hydroxyl groups excluding tert-OH is 3. The third-order valence-electron chi connectivity index (χ3n) is 4.83. The van der Waals surface area contributed by atoms with Crippen LogP contribution in [-0.4, -0.2) is 76.2 Å². The Morgan fingerprint density at radius 2 is 1.91 bits per heavy atom. The van der Waals surface area contributed by atoms with Gasteiger partial charge >= 0.3 is 0 Å². The van der Waals surface area contributed by atoms with E-state index in [4.69, 9.17) is 0 Å². The third-order valence-corrected chi connectivity index (χ3v) is 4.83. The summed E-state index contributed by atoms with van der Waals surface area (Å²) in [4.78, 5) is 8.63. The molecule has 4 atom stereocenters. The lowest BCUT2D eigenvalue weighted by Gasteiger charge is -2.38. The van der Waals surface area contributed by atoms with Crippen LogP contribution < -0.4 is 4.90 Å². The van der Waals surface area contributed by atoms with E-state index >= 15 is 0 Å². The molecule has 1 aromatic heterocycles. The van der Waals surface area contributed by atoms with Crippen molar-refractivity contribution in [3.8, 4) is 0 Å². The van der Waals surface area contributed by atoms with Gasteiger partial charge in [0.2, 0.25) is 0 Å². The molecule has 6 nitrogen and oxygen atoms in total. The van der Waals surface area contributed by atoms with E-state index in [1.165, 1.54) is 11.3 Å². The fraction of sp³-hybridized carbons (Fsp3) is 0.688. The summed E-state index contributed by atoms with van der Waals surface area (Å²) in [5.41, 5.74) is 2.43. The highest BCUT2D eigenvalue weighted by atomic mass is 16.4. The zero-order valence-electron chi connectivity index (χ0n) is 13.0. The SMILES string of the molecule is Cc1ccncc1N1CC[C@@H](CN2C[C@@H](O)[C@H](O)[C@@H](O)C2)C1. The normalized spacial score (nSPS) is 33.4. The standard InChI is InChI=1S/C16H25N3O3/c1-11-2-4-17-6-13(11)19-5-3-12(8-19)7-18-9-14(20)16(22)15(21)10-18/h2,4,6,12,14-16,20-22H,3,5,7-10H2,1H3/t12-,14-,15+,16+/m0/s1. The van der Waals surface area contributed by atoms with Crippen molar-refractivity contribution < 1.29 is 15.3 Å². The monoisotopic (exact) mass is 307 g/mol. The quantitative estimate of drug-likeness (QED) is 0.706. The molecule has 3 heterocycles. The molecule has 22 heavy (non-hydrogen) atoms. The van der Waals surface area contributed by atoms with E-state index in [1.807, 2.05) is 18.5 Å². The van der Waals surface area contributed by atoms with E-state index in [9.17, 15) is 15.3 Å². The van der Waals surface area contributed by atoms with Crippen LogP contribution >= 0.6 is 0 Å². The molecule has 3 N–H and O–H groups in total. The highest BCUT2D eigenvalue weighted by molar-refractivity contribution is 5.51. The smallest absolute Gasteiger partial charge is 0.108 e. The predicted molar refractivity (Wildman–Crippen MR) is 83.8 cm³/mol. The largest absolute Gasteiger partial charge is 0.389 e. The number of hydrogen-bond acceptors (Lipinski definition) is 6. The highest BCUT2D eigenvalue weighted by Gasteiger charge is 2.35. The molecule has 6 heteroatoms. The van der Waals surface area contributed by atoms with Gasteiger partial charge in [0.25, 0.3) is 0 Å². The number of pyridine rings is 1. The molecule has 122 valence electrons. The molecule has 2 saturated heterocycles. The molecule has 0 bridgehead atoms. The molecular weight excluding hydrogens is 282 g/mol. The van der Waals surface area contributed by atoms with E-state index in [1.54, 1.807) is 0 Å². The zero-order chi connectivity index (χ0) is 15.7. The average molecular weight is 307 g/mol. The van der Waals surface area contributed by atoms with Crippen LogP contribution in [0.15, 0.2) is 18.5 Å². The lowest BCUT2D eigenvalue weighted by molar-refractivity contribution is -0.111. The van der Waals surface area contributed by atoms with Crippen molar-refractivity contribution in [1.82, 2.24) is 9.88 Å². The van der Waals surface area contributed by atoms with E-state index in [-0.39, 0.29) is 0 Å². The Morgan fingerprint density at radius 1 is 1.18 bits per heavy atom. The first-order valence-electron chi connectivity index (χ1n) is 7.96. The van der Waals surface area contributed by atoms with Gasteiger partial charge in [0.1, 0.15) is 6.10 Å². The maximum atomic E-state index is 9.79. The van der Waals surface area contributed by atoms with Crippen molar-refractivity contribution >= 4 is 5.69 Å². The molecule has 1 aromatic rings. The van der Waals surface area contributed by atoms with Gasteiger partial charge in [0.15, 0.2) is 0 Å². The molecule has 0 aromatic carbocycles. The summed E-state index contributed by atoms with van der Waals surface area (Å²) in [5.74, 6) is 0.509. The number of rotatable bonds is 3. The first-order chi connectivity index (χ1) is 10.5. The Kier molecular flexibility index (Phi) is 4.63. The summed E-state index contributed by atoms with van der Waals surface area (Å²) >= 11 is 0. The molecular formula is C16H25N3O3. The van der Waals surface area contributed by atoms with Crippen molar-refractivity contribution in [2.24, 2.45) is 5.92 Å². The molecule has 2 fully saturated rings. The molecule has 0 amide bonds. The number of likely N-dealkylation sites (tertiary alicyclic amines) is 1. The molecule has 0 unspecified atom stereocenters. The van der Waals surface area contributed by atoms with Crippen molar-refractivity contribution in [3.05, 3.63) is 24.0 Å². The minimum Gasteiger partial charge on any atom is -0.389 e. The van der Waals surface area contributed by atoms with E-state index < -0.39 is 18.3 Å². The number of β-amino-alcohol motifs (C(OH)–C–C–N with tert-alkyl or cyclic N) is 2. The maximum Gasteiger partial charge on any atom is 0.108 e. The predicted octanol–water partition coefficient (Wildman–Crippen LogP) is -0.385. The summed E-state index contributed by atoms with van der Waals surface area (Å²) in [5, 5.41) is 29.2. The molecule has 0 aliphatic carbocycles. The Bertz CT molecular complexity index is 501. The van der Waals surface area contributed by atoms with Crippen molar-refractivity contribution in [2.75, 3.05) is 37.6 Å². The van der Waals surface area contributed by atoms with Crippen LogP contribution in [-0.2, 0) is 0 Å². The van der Waals surface area contributed by atoms with Crippen LogP contribution in [0.3, 0.4) is 0 Å². The molecule has 0 saturated carbocycles. The second-order valence-corrected chi connectivity index (χ2v) is 6.61. The number of anilines is 1. The zero-order valence-corrected chi connectivity index (χ0v) is 13.0. The van der Waals surface area contributed by atoms with Crippen LogP contribution in [0.1, 0.15) is 12.0 Å². The van der Waals surface area contributed by atoms with Crippen LogP contribution in [0.4, 0.5) is 5.69 Å². The van der Waals surface area contributed by atoms with Gasteiger partial charge in [-0.05, 0) is 30.9 Å². The summed E-state index contributed by atoms with van der Waals surface area (Å²) in [6, 6.07) is 2.03. The first-order valence-corrected chi connectivity index (χ1v) is 7.96. The Labute approximate surface area is 131 Å². The number of aryl methyl sites for hydroxylation is 1. The molecule has 0 radical (unpaired) electrons. The second-order valence-electron chi connectivity index (χ2n) is 6.61. The third kappa shape index (κ3) is 3.25. The minimum atomic E-state index is -1.02. The lowest BCUT2D eigenvalue weighted by atomic mass is 10.00. The minimum absolute atomic E-state index is 0.431. The summed E-state index contributed by atoms with van der Waals surface area (Å²) < 4.78 is 0. The molecule has 0 spiro atoms. The van der Waals surface area contributed by atoms with Crippen molar-refractivity contribution in [3.63, 3.8) is 0 Å². The fourth-order valence-corrected chi connectivity index (χ4v) is 3.58. The number of piperidine rings is 1. The van der Waals surface area contributed by atoms with Gasteiger partial charge in [-0.2, -0.15) is 0 Å². The Balaban J connectivity index is 1.56. The van der Waals surface area contributed by atoms with Crippen LogP contribution in [0.2, 0.25) is 0 Å². The Hall–Kier alpha value is -1.21. The average Bonchev–Trinajstić information content (AvgIpc) is 2.93. The van der Waals surface area contributed by atoms with Crippen LogP contribution in [0.5, 0.6) is 0 Å². The summed E-state index contributed by atoms with van der Waals surface area (Å²) in [6.45, 7) is 5.79. The number of nitrogens with zero attached hydrogens (tertiary/aromatic N) is 3. The van der Waals surface area contributed by atoms with E-state index in [0.29, 0.717) is 19.0 Å². The Morgan fingerprint density at radius 3 is 2.59 bits per heavy atom. The van der Waals surface area contributed by atoms with Gasteiger partial charge in [-0.25, -0.2) is 0 Å². The van der Waals surface area contributed by atoms with Crippen molar-refractivity contribution in [2.45, 2.75) is 31.7 Å². The number of hydrogen-bond donors (Lipinski definition) is 3. The highest BCUT2D eigenvalue weighted by Crippen LogP contribution is 2.27. The first kappa shape index (κ1) is 15.7. The molecule has 2 aliphatic rings. The van der Waals surface area contributed by atoms with Gasteiger partial charge < -0.3 is 20.2 Å². The number of aliphatic hydroxyl groups is 3. The summed E-state index contributed by atoms with van der Waals surface area (Å²) in [7, 11) is 0. The van der Waals surface area contributed by atoms with Crippen LogP contribution in [0, 0.1) is 12.8 Å². The van der Waals surface area contributed by atoms with E-state index in [2.05, 4.69) is 21.7 Å². The van der Waals surface area contributed by atoms with Gasteiger partial charge in [0.05, 0.1) is 24.1 Å². The van der Waals surface area contributed by atoms with Crippen LogP contribution in [0.25, 0.3) is 0 Å². The second kappa shape index (κ2) is 6.50. The number of aromatic nitrogens is 1. The topological polar surface area (TPSA) is 80.1 Å². The fourth-order valence-electron chi connectivity index (χ4n) is 3.58. The van der Waals surface area contributed by atoms with Gasteiger partial charge in [0, 0.05) is 38.9 Å². The van der Waals surface area contributed by atoms with Gasteiger partial charge in [-0.15, -0.1) is 0 Å².